The lowest BCUT2D eigenvalue weighted by Crippen LogP contribution is -2.29. The minimum atomic E-state index is -4.70. The molecule has 3 heterocycles. The van der Waals surface area contributed by atoms with Crippen LogP contribution in [0.4, 0.5) is 24.8 Å². The SMILES string of the molecule is Cc1ccn2nc([C@H](C)Nc3ncnc(N)c3-c3cc(O)cc(C(F)(F)F)c3)n(-c3ccccc3)c(=O)c12. The highest BCUT2D eigenvalue weighted by atomic mass is 19.4. The van der Waals surface area contributed by atoms with Gasteiger partial charge in [-0.05, 0) is 61.4 Å². The third kappa shape index (κ3) is 4.40. The summed E-state index contributed by atoms with van der Waals surface area (Å²) in [6.45, 7) is 3.55. The molecule has 3 aromatic heterocycles. The molecule has 0 saturated carbocycles. The second-order valence-electron chi connectivity index (χ2n) is 8.74. The number of benzene rings is 2. The molecule has 0 amide bonds. The van der Waals surface area contributed by atoms with Gasteiger partial charge in [0, 0.05) is 6.20 Å². The second-order valence-corrected chi connectivity index (χ2v) is 8.74. The molecule has 9 nitrogen and oxygen atoms in total. The number of hydrogen-bond donors (Lipinski definition) is 3. The van der Waals surface area contributed by atoms with Crippen molar-refractivity contribution in [3.8, 4) is 22.6 Å². The van der Waals surface area contributed by atoms with E-state index in [0.717, 1.165) is 24.0 Å². The lowest BCUT2D eigenvalue weighted by atomic mass is 10.0. The lowest BCUT2D eigenvalue weighted by molar-refractivity contribution is -0.137. The molecular formula is C26H22F3N7O2. The van der Waals surface area contributed by atoms with Gasteiger partial charge in [-0.15, -0.1) is 0 Å². The Hall–Kier alpha value is -4.87. The molecule has 0 fully saturated rings. The molecule has 1 atom stereocenters. The summed E-state index contributed by atoms with van der Waals surface area (Å²) >= 11 is 0. The van der Waals surface area contributed by atoms with Crippen LogP contribution >= 0.6 is 0 Å². The highest BCUT2D eigenvalue weighted by Crippen LogP contribution is 2.39. The highest BCUT2D eigenvalue weighted by Gasteiger charge is 2.32. The number of anilines is 2. The van der Waals surface area contributed by atoms with E-state index >= 15 is 0 Å². The Bertz CT molecular complexity index is 1710. The van der Waals surface area contributed by atoms with E-state index in [-0.39, 0.29) is 28.3 Å². The molecular weight excluding hydrogens is 499 g/mol. The number of hydrogen-bond acceptors (Lipinski definition) is 7. The van der Waals surface area contributed by atoms with Crippen LogP contribution in [0, 0.1) is 6.92 Å². The van der Waals surface area contributed by atoms with E-state index in [2.05, 4.69) is 20.4 Å². The second kappa shape index (κ2) is 9.21. The quantitative estimate of drug-likeness (QED) is 0.306. The van der Waals surface area contributed by atoms with Crippen molar-refractivity contribution in [2.75, 3.05) is 11.1 Å². The molecule has 0 radical (unpaired) electrons. The fourth-order valence-corrected chi connectivity index (χ4v) is 4.32. The Balaban J connectivity index is 1.65. The van der Waals surface area contributed by atoms with Crippen LogP contribution in [0.1, 0.15) is 29.9 Å². The minimum absolute atomic E-state index is 0.0324. The van der Waals surface area contributed by atoms with Crippen molar-refractivity contribution >= 4 is 17.2 Å². The maximum absolute atomic E-state index is 13.6. The maximum Gasteiger partial charge on any atom is 0.416 e. The number of halogens is 3. The molecule has 0 aliphatic rings. The van der Waals surface area contributed by atoms with Crippen LogP contribution in [0.5, 0.6) is 5.75 Å². The largest absolute Gasteiger partial charge is 0.508 e. The molecule has 0 aliphatic carbocycles. The van der Waals surface area contributed by atoms with Crippen LogP contribution in [0.25, 0.3) is 22.3 Å². The first-order valence-corrected chi connectivity index (χ1v) is 11.5. The van der Waals surface area contributed by atoms with Crippen molar-refractivity contribution in [2.45, 2.75) is 26.1 Å². The Morgan fingerprint density at radius 3 is 2.53 bits per heavy atom. The first-order chi connectivity index (χ1) is 18.0. The zero-order valence-corrected chi connectivity index (χ0v) is 20.2. The number of alkyl halides is 3. The average Bonchev–Trinajstić information content (AvgIpc) is 3.24. The molecule has 12 heteroatoms. The van der Waals surface area contributed by atoms with Gasteiger partial charge >= 0.3 is 6.18 Å². The summed E-state index contributed by atoms with van der Waals surface area (Å²) in [6, 6.07) is 12.7. The predicted octanol–water partition coefficient (Wildman–Crippen LogP) is 4.73. The van der Waals surface area contributed by atoms with Gasteiger partial charge in [0.25, 0.3) is 5.56 Å². The van der Waals surface area contributed by atoms with E-state index in [9.17, 15) is 23.1 Å². The van der Waals surface area contributed by atoms with E-state index in [1.165, 1.54) is 9.08 Å². The molecule has 5 aromatic rings. The summed E-state index contributed by atoms with van der Waals surface area (Å²) in [5.41, 5.74) is 6.52. The Morgan fingerprint density at radius 1 is 1.08 bits per heavy atom. The molecule has 0 bridgehead atoms. The van der Waals surface area contributed by atoms with E-state index < -0.39 is 23.5 Å². The fourth-order valence-electron chi connectivity index (χ4n) is 4.32. The molecule has 0 spiro atoms. The van der Waals surface area contributed by atoms with Gasteiger partial charge < -0.3 is 16.2 Å². The van der Waals surface area contributed by atoms with Gasteiger partial charge in [-0.3, -0.25) is 9.36 Å². The maximum atomic E-state index is 13.6. The Labute approximate surface area is 214 Å². The Morgan fingerprint density at radius 2 is 1.82 bits per heavy atom. The van der Waals surface area contributed by atoms with Gasteiger partial charge in [-0.2, -0.15) is 18.3 Å². The number of nitrogens with zero attached hydrogens (tertiary/aromatic N) is 5. The number of aryl methyl sites for hydroxylation is 1. The van der Waals surface area contributed by atoms with Crippen molar-refractivity contribution in [3.63, 3.8) is 0 Å². The van der Waals surface area contributed by atoms with Gasteiger partial charge in [0.05, 0.1) is 22.9 Å². The molecule has 2 aromatic carbocycles. The minimum Gasteiger partial charge on any atom is -0.508 e. The van der Waals surface area contributed by atoms with Crippen molar-refractivity contribution in [1.29, 1.82) is 0 Å². The van der Waals surface area contributed by atoms with Crippen LogP contribution in [-0.4, -0.2) is 29.3 Å². The fraction of sp³-hybridized carbons (Fsp3) is 0.154. The number of nitrogens with two attached hydrogens (primary N) is 1. The Kier molecular flexibility index (Phi) is 6.02. The van der Waals surface area contributed by atoms with Crippen LogP contribution in [-0.2, 0) is 6.18 Å². The summed E-state index contributed by atoms with van der Waals surface area (Å²) in [7, 11) is 0. The molecule has 5 rings (SSSR count). The van der Waals surface area contributed by atoms with Crippen molar-refractivity contribution in [2.24, 2.45) is 0 Å². The number of aromatic nitrogens is 5. The molecule has 0 saturated heterocycles. The van der Waals surface area contributed by atoms with Gasteiger partial charge in [-0.25, -0.2) is 14.5 Å². The third-order valence-electron chi connectivity index (χ3n) is 6.08. The lowest BCUT2D eigenvalue weighted by Gasteiger charge is -2.21. The summed E-state index contributed by atoms with van der Waals surface area (Å²) in [5, 5.41) is 17.8. The smallest absolute Gasteiger partial charge is 0.416 e. The van der Waals surface area contributed by atoms with Crippen LogP contribution < -0.4 is 16.6 Å². The van der Waals surface area contributed by atoms with E-state index in [0.29, 0.717) is 23.1 Å². The summed E-state index contributed by atoms with van der Waals surface area (Å²) in [5.74, 6) is -0.274. The number of nitrogens with one attached hydrogen (secondary N) is 1. The van der Waals surface area contributed by atoms with E-state index in [1.807, 2.05) is 13.0 Å². The van der Waals surface area contributed by atoms with Crippen LogP contribution in [0.15, 0.2) is 71.9 Å². The first-order valence-electron chi connectivity index (χ1n) is 11.5. The first kappa shape index (κ1) is 24.8. The number of aromatic hydroxyl groups is 1. The zero-order valence-electron chi connectivity index (χ0n) is 20.2. The number of fused-ring (bicyclic) bond motifs is 1. The normalized spacial score (nSPS) is 12.6. The average molecular weight is 522 g/mol. The summed E-state index contributed by atoms with van der Waals surface area (Å²) in [6.07, 6.45) is -1.85. The number of rotatable bonds is 5. The van der Waals surface area contributed by atoms with Gasteiger partial charge in [0.1, 0.15) is 29.2 Å². The predicted molar refractivity (Wildman–Crippen MR) is 136 cm³/mol. The zero-order chi connectivity index (χ0) is 27.2. The monoisotopic (exact) mass is 521 g/mol. The number of phenols is 1. The number of phenolic OH excluding ortho intramolecular Hbond substituents is 1. The number of nitrogen functional groups attached to an aromatic ring is 1. The summed E-state index contributed by atoms with van der Waals surface area (Å²) in [4.78, 5) is 21.7. The van der Waals surface area contributed by atoms with E-state index in [1.54, 1.807) is 43.5 Å². The highest BCUT2D eigenvalue weighted by molar-refractivity contribution is 5.84. The van der Waals surface area contributed by atoms with Crippen LogP contribution in [0.2, 0.25) is 0 Å². The molecule has 0 unspecified atom stereocenters. The molecule has 194 valence electrons. The van der Waals surface area contributed by atoms with Gasteiger partial charge in [0.2, 0.25) is 0 Å². The molecule has 4 N–H and O–H groups in total. The molecule has 38 heavy (non-hydrogen) atoms. The van der Waals surface area contributed by atoms with Crippen LogP contribution in [0.3, 0.4) is 0 Å². The van der Waals surface area contributed by atoms with Crippen molar-refractivity contribution < 1.29 is 18.3 Å². The van der Waals surface area contributed by atoms with Crippen molar-refractivity contribution in [3.05, 3.63) is 94.4 Å². The van der Waals surface area contributed by atoms with E-state index in [4.69, 9.17) is 5.73 Å². The topological polar surface area (TPSA) is 123 Å². The van der Waals surface area contributed by atoms with Gasteiger partial charge in [-0.1, -0.05) is 18.2 Å². The number of para-hydroxylation sites is 1. The molecule has 0 aliphatic heterocycles. The summed E-state index contributed by atoms with van der Waals surface area (Å²) < 4.78 is 43.3. The van der Waals surface area contributed by atoms with Gasteiger partial charge in [0.15, 0.2) is 5.82 Å². The van der Waals surface area contributed by atoms with Crippen molar-refractivity contribution in [1.82, 2.24) is 24.1 Å². The standard InChI is InChI=1S/C26H22F3N7O2/c1-14-8-9-35-21(14)25(38)36(18-6-4-3-5-7-18)24(34-35)15(2)33-23-20(22(30)31-13-32-23)16-10-17(26(27,28)29)12-19(37)11-16/h3-13,15,37H,1-2H3,(H3,30,31,32,33)/t15-/m0/s1. The third-order valence-corrected chi connectivity index (χ3v) is 6.08.